The predicted molar refractivity (Wildman–Crippen MR) is 46.1 cm³/mol. The molecule has 0 radical (unpaired) electrons. The number of ether oxygens (including phenoxy) is 2. The van der Waals surface area contributed by atoms with Gasteiger partial charge in [-0.15, -0.1) is 0 Å². The average Bonchev–Trinajstić information content (AvgIpc) is 2.15. The van der Waals surface area contributed by atoms with Gasteiger partial charge in [-0.1, -0.05) is 0 Å². The first-order chi connectivity index (χ1) is 6.49. The quantitative estimate of drug-likeness (QED) is 0.443. The molecule has 0 aliphatic carbocycles. The molecule has 80 valence electrons. The molecule has 0 fully saturated rings. The molecule has 0 spiro atoms. The van der Waals surface area contributed by atoms with Crippen molar-refractivity contribution < 1.29 is 53.4 Å². The fourth-order valence-electron chi connectivity index (χ4n) is 0.761. The van der Waals surface area contributed by atoms with Crippen molar-refractivity contribution in [2.75, 3.05) is 14.2 Å². The third kappa shape index (κ3) is 3.58. The third-order valence-electron chi connectivity index (χ3n) is 1.35. The molecule has 0 saturated carbocycles. The Morgan fingerprint density at radius 3 is 2.40 bits per heavy atom. The van der Waals surface area contributed by atoms with Crippen molar-refractivity contribution in [1.82, 2.24) is 9.97 Å². The van der Waals surface area contributed by atoms with Crippen molar-refractivity contribution in [2.45, 2.75) is 4.90 Å². The number of nitrogens with zero attached hydrogens (tertiary/aromatic N) is 2. The molecule has 0 amide bonds. The Balaban J connectivity index is 0. The van der Waals surface area contributed by atoms with E-state index in [1.54, 1.807) is 0 Å². The first kappa shape index (κ1) is 14.6. The monoisotopic (exact) mass is 244 g/mol. The second kappa shape index (κ2) is 5.61. The zero-order valence-electron chi connectivity index (χ0n) is 9.46. The van der Waals surface area contributed by atoms with Gasteiger partial charge in [0.15, 0.2) is 4.90 Å². The summed E-state index contributed by atoms with van der Waals surface area (Å²) in [5.41, 5.74) is 0. The summed E-state index contributed by atoms with van der Waals surface area (Å²) in [6, 6.07) is -0.0470. The van der Waals surface area contributed by atoms with Gasteiger partial charge in [-0.3, -0.25) is 4.55 Å². The Bertz CT molecular complexity index is 441. The molecular formula is C6H9N2NaO5S. The van der Waals surface area contributed by atoms with E-state index in [0.29, 0.717) is 0 Å². The molecule has 0 aromatic carbocycles. The van der Waals surface area contributed by atoms with Gasteiger partial charge in [0, 0.05) is 0 Å². The van der Waals surface area contributed by atoms with Crippen LogP contribution < -0.4 is 39.0 Å². The van der Waals surface area contributed by atoms with Crippen LogP contribution in [0.3, 0.4) is 0 Å². The minimum absolute atomic E-state index is 0. The second-order valence-electron chi connectivity index (χ2n) is 2.21. The summed E-state index contributed by atoms with van der Waals surface area (Å²) in [4.78, 5) is 6.60. The van der Waals surface area contributed by atoms with E-state index >= 15 is 0 Å². The van der Waals surface area contributed by atoms with Crippen LogP contribution in [0.1, 0.15) is 1.43 Å². The first-order valence-corrected chi connectivity index (χ1v) is 4.85. The zero-order chi connectivity index (χ0) is 10.8. The topological polar surface area (TPSA) is 98.6 Å². The number of aromatic nitrogens is 2. The molecule has 1 heterocycles. The Morgan fingerprint density at radius 2 is 2.00 bits per heavy atom. The van der Waals surface area contributed by atoms with E-state index in [1.807, 2.05) is 0 Å². The number of methoxy groups -OCH3 is 2. The summed E-state index contributed by atoms with van der Waals surface area (Å²) in [6.07, 6.45) is 0.903. The van der Waals surface area contributed by atoms with Gasteiger partial charge in [0.1, 0.15) is 0 Å². The summed E-state index contributed by atoms with van der Waals surface area (Å²) < 4.78 is 39.6. The van der Waals surface area contributed by atoms with Gasteiger partial charge in [0.25, 0.3) is 0 Å². The largest absolute Gasteiger partial charge is 1.00 e. The van der Waals surface area contributed by atoms with Crippen molar-refractivity contribution in [2.24, 2.45) is 0 Å². The molecule has 0 aliphatic rings. The molecule has 0 aliphatic heterocycles. The number of hydrogen-bond acceptors (Lipinski definition) is 6. The maximum atomic E-state index is 10.8. The Kier molecular flexibility index (Phi) is 5.46. The molecule has 0 unspecified atom stereocenters. The van der Waals surface area contributed by atoms with E-state index < -0.39 is 15.0 Å². The summed E-state index contributed by atoms with van der Waals surface area (Å²) in [5, 5.41) is 0. The van der Waals surface area contributed by atoms with Crippen LogP contribution in [0, 0.1) is 0 Å². The SMILES string of the molecule is COc1ncc(S(=O)(=O)O)c(OC)n1.[H-].[Na+]. The van der Waals surface area contributed by atoms with Crippen molar-refractivity contribution in [3.8, 4) is 11.9 Å². The first-order valence-electron chi connectivity index (χ1n) is 3.41. The summed E-state index contributed by atoms with van der Waals surface area (Å²) in [7, 11) is -1.84. The Morgan fingerprint density at radius 1 is 1.40 bits per heavy atom. The molecule has 0 saturated heterocycles. The van der Waals surface area contributed by atoms with Gasteiger partial charge in [-0.2, -0.15) is 13.4 Å². The molecule has 1 N–H and O–H groups in total. The second-order valence-corrected chi connectivity index (χ2v) is 3.60. The van der Waals surface area contributed by atoms with Crippen molar-refractivity contribution in [3.05, 3.63) is 6.20 Å². The fourth-order valence-corrected chi connectivity index (χ4v) is 1.30. The Hall–Kier alpha value is -0.410. The molecule has 1 aromatic heterocycles. The number of hydrogen-bond donors (Lipinski definition) is 1. The van der Waals surface area contributed by atoms with Crippen LogP contribution in [0.15, 0.2) is 11.1 Å². The molecule has 9 heteroatoms. The fraction of sp³-hybridized carbons (Fsp3) is 0.333. The molecule has 7 nitrogen and oxygen atoms in total. The molecule has 15 heavy (non-hydrogen) atoms. The van der Waals surface area contributed by atoms with E-state index in [-0.39, 0.29) is 42.9 Å². The van der Waals surface area contributed by atoms with Crippen LogP contribution >= 0.6 is 0 Å². The molecule has 0 atom stereocenters. The van der Waals surface area contributed by atoms with Gasteiger partial charge in [0.05, 0.1) is 20.4 Å². The smallest absolute Gasteiger partial charge is 1.00 e. The van der Waals surface area contributed by atoms with Gasteiger partial charge < -0.3 is 10.9 Å². The number of rotatable bonds is 3. The standard InChI is InChI=1S/C6H8N2O5S.Na.H/c1-12-5-4(14(9,10)11)3-7-6(8-5)13-2;;/h3H,1-2H3,(H,9,10,11);;/q;+1;-1. The van der Waals surface area contributed by atoms with Gasteiger partial charge in [-0.25, -0.2) is 4.98 Å². The van der Waals surface area contributed by atoms with Gasteiger partial charge in [-0.05, 0) is 0 Å². The van der Waals surface area contributed by atoms with Crippen LogP contribution in [0.4, 0.5) is 0 Å². The van der Waals surface area contributed by atoms with Gasteiger partial charge >= 0.3 is 45.7 Å². The van der Waals surface area contributed by atoms with Crippen molar-refractivity contribution in [3.63, 3.8) is 0 Å². The van der Waals surface area contributed by atoms with Crippen LogP contribution in [-0.4, -0.2) is 37.2 Å². The average molecular weight is 244 g/mol. The maximum absolute atomic E-state index is 10.8. The third-order valence-corrected chi connectivity index (χ3v) is 2.19. The van der Waals surface area contributed by atoms with Crippen molar-refractivity contribution >= 4 is 10.1 Å². The van der Waals surface area contributed by atoms with E-state index in [0.717, 1.165) is 6.20 Å². The minimum Gasteiger partial charge on any atom is -1.00 e. The Labute approximate surface area is 110 Å². The van der Waals surface area contributed by atoms with E-state index in [4.69, 9.17) is 4.55 Å². The van der Waals surface area contributed by atoms with E-state index in [9.17, 15) is 8.42 Å². The molecule has 1 rings (SSSR count). The maximum Gasteiger partial charge on any atom is 1.00 e. The molecular weight excluding hydrogens is 235 g/mol. The summed E-state index contributed by atoms with van der Waals surface area (Å²) >= 11 is 0. The summed E-state index contributed by atoms with van der Waals surface area (Å²) in [6.45, 7) is 0. The van der Waals surface area contributed by atoms with E-state index in [2.05, 4.69) is 19.4 Å². The van der Waals surface area contributed by atoms with Crippen molar-refractivity contribution in [1.29, 1.82) is 0 Å². The molecule has 0 bridgehead atoms. The molecule has 1 aromatic rings. The van der Waals surface area contributed by atoms with Crippen LogP contribution in [-0.2, 0) is 10.1 Å². The van der Waals surface area contributed by atoms with Crippen LogP contribution in [0.25, 0.3) is 0 Å². The minimum atomic E-state index is -4.38. The van der Waals surface area contributed by atoms with Crippen LogP contribution in [0.5, 0.6) is 11.9 Å². The normalized spacial score (nSPS) is 10.3. The van der Waals surface area contributed by atoms with Gasteiger partial charge in [0.2, 0.25) is 5.88 Å². The van der Waals surface area contributed by atoms with Crippen LogP contribution in [0.2, 0.25) is 0 Å². The van der Waals surface area contributed by atoms with E-state index in [1.165, 1.54) is 14.2 Å². The summed E-state index contributed by atoms with van der Waals surface area (Å²) in [5.74, 6) is -0.264. The zero-order valence-corrected chi connectivity index (χ0v) is 11.3. The predicted octanol–water partition coefficient (Wildman–Crippen LogP) is -3.14.